The molecule has 1 atom stereocenters. The van der Waals surface area contributed by atoms with Crippen LogP contribution in [0.4, 0.5) is 0 Å². The van der Waals surface area contributed by atoms with Crippen molar-refractivity contribution in [2.24, 2.45) is 0 Å². The van der Waals surface area contributed by atoms with Gasteiger partial charge in [-0.25, -0.2) is 0 Å². The van der Waals surface area contributed by atoms with Gasteiger partial charge in [-0.15, -0.1) is 0 Å². The van der Waals surface area contributed by atoms with Crippen LogP contribution in [0.1, 0.15) is 18.9 Å². The van der Waals surface area contributed by atoms with E-state index in [1.807, 2.05) is 0 Å². The predicted molar refractivity (Wildman–Crippen MR) is 119 cm³/mol. The number of hydrogen-bond donors (Lipinski definition) is 0. The summed E-state index contributed by atoms with van der Waals surface area (Å²) in [6.07, 6.45) is 8.01. The van der Waals surface area contributed by atoms with Gasteiger partial charge in [0.2, 0.25) is 0 Å². The van der Waals surface area contributed by atoms with Crippen molar-refractivity contribution in [3.05, 3.63) is 101 Å². The van der Waals surface area contributed by atoms with E-state index in [4.69, 9.17) is 0 Å². The zero-order valence-electron chi connectivity index (χ0n) is 15.2. The third-order valence-corrected chi connectivity index (χ3v) is 6.12. The monoisotopic (exact) mass is 413 g/mol. The molecule has 5 rings (SSSR count). The smallest absolute Gasteiger partial charge is 0.0541 e. The second-order valence-electron chi connectivity index (χ2n) is 7.47. The lowest BCUT2D eigenvalue weighted by Gasteiger charge is -2.30. The fraction of sp³-hybridized carbons (Fsp3) is 0.120. The molecule has 0 saturated carbocycles. The van der Waals surface area contributed by atoms with Gasteiger partial charge < -0.3 is 4.57 Å². The van der Waals surface area contributed by atoms with Gasteiger partial charge in [0, 0.05) is 26.4 Å². The molecular formula is C25H20BrN. The number of rotatable bonds is 2. The van der Waals surface area contributed by atoms with Crippen molar-refractivity contribution in [3.63, 3.8) is 0 Å². The summed E-state index contributed by atoms with van der Waals surface area (Å²) in [5.74, 6) is 0. The second kappa shape index (κ2) is 6.24. The van der Waals surface area contributed by atoms with Gasteiger partial charge in [0.05, 0.1) is 11.0 Å². The summed E-state index contributed by atoms with van der Waals surface area (Å²) in [6, 6.07) is 26.0. The quantitative estimate of drug-likeness (QED) is 0.324. The van der Waals surface area contributed by atoms with Gasteiger partial charge in [0.1, 0.15) is 0 Å². The zero-order valence-corrected chi connectivity index (χ0v) is 16.8. The third-order valence-electron chi connectivity index (χ3n) is 5.62. The molecule has 0 radical (unpaired) electrons. The number of nitrogens with zero attached hydrogens (tertiary/aromatic N) is 1. The SMILES string of the molecule is CC1(c2ccccc2)C=C(n2c3ccccc3c3cc(Br)ccc32)C=CC1. The molecule has 4 aromatic rings. The van der Waals surface area contributed by atoms with Crippen LogP contribution in [0.25, 0.3) is 27.5 Å². The summed E-state index contributed by atoms with van der Waals surface area (Å²) in [6.45, 7) is 2.33. The van der Waals surface area contributed by atoms with Crippen LogP contribution in [0, 0.1) is 0 Å². The van der Waals surface area contributed by atoms with Crippen LogP contribution in [-0.4, -0.2) is 4.57 Å². The molecule has 3 aromatic carbocycles. The first-order valence-electron chi connectivity index (χ1n) is 9.30. The molecule has 27 heavy (non-hydrogen) atoms. The molecule has 0 saturated heterocycles. The van der Waals surface area contributed by atoms with Gasteiger partial charge in [-0.2, -0.15) is 0 Å². The Bertz CT molecular complexity index is 1210. The van der Waals surface area contributed by atoms with E-state index < -0.39 is 0 Å². The number of hydrogen-bond acceptors (Lipinski definition) is 0. The maximum absolute atomic E-state index is 3.63. The minimum absolute atomic E-state index is 0.00158. The summed E-state index contributed by atoms with van der Waals surface area (Å²) in [7, 11) is 0. The lowest BCUT2D eigenvalue weighted by molar-refractivity contribution is 0.599. The van der Waals surface area contributed by atoms with Crippen molar-refractivity contribution in [1.29, 1.82) is 0 Å². The molecule has 0 bridgehead atoms. The second-order valence-corrected chi connectivity index (χ2v) is 8.39. The van der Waals surface area contributed by atoms with E-state index in [0.29, 0.717) is 0 Å². The molecule has 1 unspecified atom stereocenters. The van der Waals surface area contributed by atoms with Crippen molar-refractivity contribution in [2.45, 2.75) is 18.8 Å². The molecule has 1 aromatic heterocycles. The first-order valence-corrected chi connectivity index (χ1v) is 10.1. The van der Waals surface area contributed by atoms with E-state index in [9.17, 15) is 0 Å². The maximum atomic E-state index is 3.63. The molecule has 2 heteroatoms. The number of halogens is 1. The van der Waals surface area contributed by atoms with E-state index in [2.05, 4.69) is 118 Å². The Kier molecular flexibility index (Phi) is 3.84. The molecule has 0 fully saturated rings. The standard InChI is InChI=1S/C25H20BrN/c1-25(18-8-3-2-4-9-18)15-7-10-20(17-25)27-23-12-6-5-11-21(23)22-16-19(26)13-14-24(22)27/h2-14,16-17H,15H2,1H3. The molecule has 0 N–H and O–H groups in total. The Morgan fingerprint density at radius 2 is 1.59 bits per heavy atom. The van der Waals surface area contributed by atoms with Crippen LogP contribution in [0.15, 0.2) is 95.5 Å². The van der Waals surface area contributed by atoms with Crippen LogP contribution in [0.3, 0.4) is 0 Å². The molecule has 0 spiro atoms. The van der Waals surface area contributed by atoms with Crippen LogP contribution in [-0.2, 0) is 5.41 Å². The van der Waals surface area contributed by atoms with Crippen LogP contribution in [0.2, 0.25) is 0 Å². The van der Waals surface area contributed by atoms with Gasteiger partial charge in [-0.05, 0) is 48.4 Å². The fourth-order valence-electron chi connectivity index (χ4n) is 4.24. The lowest BCUT2D eigenvalue weighted by Crippen LogP contribution is -2.21. The average molecular weight is 414 g/mol. The summed E-state index contributed by atoms with van der Waals surface area (Å²) < 4.78 is 3.51. The van der Waals surface area contributed by atoms with E-state index in [1.165, 1.54) is 33.1 Å². The summed E-state index contributed by atoms with van der Waals surface area (Å²) in [5.41, 5.74) is 5.08. The maximum Gasteiger partial charge on any atom is 0.0541 e. The summed E-state index contributed by atoms with van der Waals surface area (Å²) >= 11 is 3.63. The van der Waals surface area contributed by atoms with E-state index in [0.717, 1.165) is 10.9 Å². The Morgan fingerprint density at radius 1 is 0.852 bits per heavy atom. The number of fused-ring (bicyclic) bond motifs is 3. The highest BCUT2D eigenvalue weighted by atomic mass is 79.9. The lowest BCUT2D eigenvalue weighted by atomic mass is 9.76. The highest BCUT2D eigenvalue weighted by molar-refractivity contribution is 9.10. The number of para-hydroxylation sites is 1. The van der Waals surface area contributed by atoms with Crippen molar-refractivity contribution in [3.8, 4) is 0 Å². The highest BCUT2D eigenvalue weighted by Crippen LogP contribution is 2.39. The molecule has 1 heterocycles. The summed E-state index contributed by atoms with van der Waals surface area (Å²) in [4.78, 5) is 0. The molecule has 0 amide bonds. The van der Waals surface area contributed by atoms with Crippen molar-refractivity contribution < 1.29 is 0 Å². The van der Waals surface area contributed by atoms with Crippen molar-refractivity contribution >= 4 is 43.4 Å². The first-order chi connectivity index (χ1) is 13.2. The predicted octanol–water partition coefficient (Wildman–Crippen LogP) is 7.32. The Hall–Kier alpha value is -2.58. The van der Waals surface area contributed by atoms with E-state index in [-0.39, 0.29) is 5.41 Å². The average Bonchev–Trinajstić information content (AvgIpc) is 3.02. The number of aromatic nitrogens is 1. The van der Waals surface area contributed by atoms with Gasteiger partial charge in [0.25, 0.3) is 0 Å². The van der Waals surface area contributed by atoms with Gasteiger partial charge in [-0.1, -0.05) is 77.5 Å². The van der Waals surface area contributed by atoms with Crippen LogP contribution >= 0.6 is 15.9 Å². The summed E-state index contributed by atoms with van der Waals surface area (Å²) in [5, 5.41) is 2.57. The molecule has 1 nitrogen and oxygen atoms in total. The Labute approximate surface area is 167 Å². The highest BCUT2D eigenvalue weighted by Gasteiger charge is 2.26. The Balaban J connectivity index is 1.79. The molecule has 1 aliphatic rings. The van der Waals surface area contributed by atoms with Gasteiger partial charge >= 0.3 is 0 Å². The van der Waals surface area contributed by atoms with Crippen LogP contribution in [0.5, 0.6) is 0 Å². The van der Waals surface area contributed by atoms with E-state index in [1.54, 1.807) is 0 Å². The largest absolute Gasteiger partial charge is 0.310 e. The van der Waals surface area contributed by atoms with Crippen molar-refractivity contribution in [2.75, 3.05) is 0 Å². The molecule has 132 valence electrons. The number of benzene rings is 3. The zero-order chi connectivity index (χ0) is 18.4. The normalized spacial score (nSPS) is 19.6. The molecule has 1 aliphatic carbocycles. The first kappa shape index (κ1) is 16.6. The number of allylic oxidation sites excluding steroid dienone is 4. The Morgan fingerprint density at radius 3 is 2.44 bits per heavy atom. The topological polar surface area (TPSA) is 4.93 Å². The van der Waals surface area contributed by atoms with Crippen LogP contribution < -0.4 is 0 Å². The molecule has 0 aliphatic heterocycles. The minimum Gasteiger partial charge on any atom is -0.310 e. The molecular weight excluding hydrogens is 394 g/mol. The fourth-order valence-corrected chi connectivity index (χ4v) is 4.60. The minimum atomic E-state index is -0.00158. The van der Waals surface area contributed by atoms with E-state index >= 15 is 0 Å². The third kappa shape index (κ3) is 2.67. The van der Waals surface area contributed by atoms with Gasteiger partial charge in [-0.3, -0.25) is 0 Å². The van der Waals surface area contributed by atoms with Gasteiger partial charge in [0.15, 0.2) is 0 Å². The van der Waals surface area contributed by atoms with Crippen molar-refractivity contribution in [1.82, 2.24) is 4.57 Å².